The molecule has 0 fully saturated rings. The van der Waals surface area contributed by atoms with E-state index in [1.54, 1.807) is 18.3 Å². The molecule has 132 valence electrons. The molecule has 6 nitrogen and oxygen atoms in total. The van der Waals surface area contributed by atoms with Crippen LogP contribution in [-0.4, -0.2) is 22.0 Å². The van der Waals surface area contributed by atoms with Gasteiger partial charge in [0.2, 0.25) is 11.8 Å². The van der Waals surface area contributed by atoms with Crippen molar-refractivity contribution in [3.8, 4) is 11.6 Å². The molecule has 0 saturated carbocycles. The van der Waals surface area contributed by atoms with Crippen LogP contribution in [-0.2, 0) is 16.1 Å². The van der Waals surface area contributed by atoms with E-state index >= 15 is 0 Å². The number of carbonyl (C=O) groups excluding carboxylic acids is 1. The smallest absolute Gasteiger partial charge is 0.303 e. The molecule has 1 aromatic heterocycles. The van der Waals surface area contributed by atoms with Crippen molar-refractivity contribution in [1.82, 2.24) is 10.3 Å². The lowest BCUT2D eigenvalue weighted by atomic mass is 10.2. The van der Waals surface area contributed by atoms with Gasteiger partial charge in [-0.1, -0.05) is 0 Å². The second-order valence-corrected chi connectivity index (χ2v) is 5.44. The van der Waals surface area contributed by atoms with Crippen LogP contribution in [0.25, 0.3) is 0 Å². The standard InChI is InChI=1S/C18H19FN2O4/c19-14-5-7-15(8-6-14)25-17-11-13(9-10-20-17)12-21-16(22)3-1-2-4-18(23)24/h5-11H,1-4,12H2,(H,21,22)(H,23,24). The highest BCUT2D eigenvalue weighted by molar-refractivity contribution is 5.75. The third kappa shape index (κ3) is 6.99. The topological polar surface area (TPSA) is 88.5 Å². The minimum Gasteiger partial charge on any atom is -0.481 e. The minimum atomic E-state index is -0.856. The quantitative estimate of drug-likeness (QED) is 0.680. The van der Waals surface area contributed by atoms with Crippen LogP contribution in [0.2, 0.25) is 0 Å². The van der Waals surface area contributed by atoms with Crippen LogP contribution in [0.4, 0.5) is 4.39 Å². The number of nitrogens with one attached hydrogen (secondary N) is 1. The first kappa shape index (κ1) is 18.4. The number of aromatic nitrogens is 1. The largest absolute Gasteiger partial charge is 0.481 e. The van der Waals surface area contributed by atoms with E-state index in [0.29, 0.717) is 31.0 Å². The van der Waals surface area contributed by atoms with E-state index in [9.17, 15) is 14.0 Å². The van der Waals surface area contributed by atoms with E-state index in [0.717, 1.165) is 5.56 Å². The molecule has 0 radical (unpaired) electrons. The Labute approximate surface area is 144 Å². The van der Waals surface area contributed by atoms with Gasteiger partial charge in [-0.15, -0.1) is 0 Å². The average molecular weight is 346 g/mol. The number of carboxylic acids is 1. The highest BCUT2D eigenvalue weighted by Gasteiger charge is 2.05. The van der Waals surface area contributed by atoms with Gasteiger partial charge < -0.3 is 15.2 Å². The Morgan fingerprint density at radius 2 is 1.84 bits per heavy atom. The number of ether oxygens (including phenoxy) is 1. The van der Waals surface area contributed by atoms with Crippen molar-refractivity contribution in [2.24, 2.45) is 0 Å². The SMILES string of the molecule is O=C(O)CCCCC(=O)NCc1ccnc(Oc2ccc(F)cc2)c1. The van der Waals surface area contributed by atoms with Gasteiger partial charge in [0, 0.05) is 31.6 Å². The molecule has 0 spiro atoms. The fraction of sp³-hybridized carbons (Fsp3) is 0.278. The fourth-order valence-corrected chi connectivity index (χ4v) is 2.09. The van der Waals surface area contributed by atoms with E-state index in [-0.39, 0.29) is 24.6 Å². The Bertz CT molecular complexity index is 719. The molecule has 0 aliphatic rings. The number of halogens is 1. The van der Waals surface area contributed by atoms with Gasteiger partial charge in [-0.25, -0.2) is 9.37 Å². The first-order chi connectivity index (χ1) is 12.0. The van der Waals surface area contributed by atoms with Crippen molar-refractivity contribution in [2.75, 3.05) is 0 Å². The molecule has 0 aliphatic carbocycles. The average Bonchev–Trinajstić information content (AvgIpc) is 2.59. The lowest BCUT2D eigenvalue weighted by molar-refractivity contribution is -0.137. The van der Waals surface area contributed by atoms with E-state index in [2.05, 4.69) is 10.3 Å². The Morgan fingerprint density at radius 1 is 1.12 bits per heavy atom. The maximum absolute atomic E-state index is 12.9. The zero-order chi connectivity index (χ0) is 18.1. The number of hydrogen-bond acceptors (Lipinski definition) is 4. The van der Waals surface area contributed by atoms with Crippen molar-refractivity contribution in [2.45, 2.75) is 32.2 Å². The number of unbranched alkanes of at least 4 members (excludes halogenated alkanes) is 1. The summed E-state index contributed by atoms with van der Waals surface area (Å²) in [6.45, 7) is 0.320. The van der Waals surface area contributed by atoms with Gasteiger partial charge in [-0.3, -0.25) is 9.59 Å². The van der Waals surface area contributed by atoms with E-state index < -0.39 is 5.97 Å². The number of amides is 1. The van der Waals surface area contributed by atoms with Crippen molar-refractivity contribution < 1.29 is 23.8 Å². The summed E-state index contributed by atoms with van der Waals surface area (Å²) in [5, 5.41) is 11.3. The number of pyridine rings is 1. The number of aliphatic carboxylic acids is 1. The highest BCUT2D eigenvalue weighted by Crippen LogP contribution is 2.20. The predicted molar refractivity (Wildman–Crippen MR) is 88.7 cm³/mol. The number of rotatable bonds is 9. The maximum atomic E-state index is 12.9. The van der Waals surface area contributed by atoms with Crippen LogP contribution in [0.1, 0.15) is 31.2 Å². The van der Waals surface area contributed by atoms with Gasteiger partial charge >= 0.3 is 5.97 Å². The predicted octanol–water partition coefficient (Wildman–Crippen LogP) is 3.27. The van der Waals surface area contributed by atoms with Gasteiger partial charge in [0.15, 0.2) is 0 Å². The third-order valence-corrected chi connectivity index (χ3v) is 3.37. The normalized spacial score (nSPS) is 10.3. The molecule has 0 bridgehead atoms. The van der Waals surface area contributed by atoms with Crippen LogP contribution >= 0.6 is 0 Å². The second kappa shape index (κ2) is 9.36. The molecule has 0 unspecified atom stereocenters. The summed E-state index contributed by atoms with van der Waals surface area (Å²) >= 11 is 0. The van der Waals surface area contributed by atoms with Crippen molar-refractivity contribution in [3.63, 3.8) is 0 Å². The van der Waals surface area contributed by atoms with E-state index in [1.165, 1.54) is 24.3 Å². The molecule has 1 heterocycles. The zero-order valence-electron chi connectivity index (χ0n) is 13.6. The summed E-state index contributed by atoms with van der Waals surface area (Å²) in [7, 11) is 0. The second-order valence-electron chi connectivity index (χ2n) is 5.44. The Balaban J connectivity index is 1.79. The van der Waals surface area contributed by atoms with Crippen LogP contribution in [0.5, 0.6) is 11.6 Å². The first-order valence-electron chi connectivity index (χ1n) is 7.90. The molecular formula is C18H19FN2O4. The Hall–Kier alpha value is -2.96. The fourth-order valence-electron chi connectivity index (χ4n) is 2.09. The minimum absolute atomic E-state index is 0.0711. The summed E-state index contributed by atoms with van der Waals surface area (Å²) in [6.07, 6.45) is 2.94. The number of nitrogens with zero attached hydrogens (tertiary/aromatic N) is 1. The summed E-state index contributed by atoms with van der Waals surface area (Å²) < 4.78 is 18.4. The van der Waals surface area contributed by atoms with Gasteiger partial charge in [0.1, 0.15) is 11.6 Å². The van der Waals surface area contributed by atoms with Crippen LogP contribution in [0.3, 0.4) is 0 Å². The van der Waals surface area contributed by atoms with E-state index in [4.69, 9.17) is 9.84 Å². The first-order valence-corrected chi connectivity index (χ1v) is 7.90. The van der Waals surface area contributed by atoms with Crippen LogP contribution < -0.4 is 10.1 Å². The summed E-state index contributed by atoms with van der Waals surface area (Å²) in [5.41, 5.74) is 0.811. The molecule has 25 heavy (non-hydrogen) atoms. The molecule has 0 saturated heterocycles. The molecule has 1 aromatic carbocycles. The molecule has 2 aromatic rings. The number of benzene rings is 1. The lowest BCUT2D eigenvalue weighted by Gasteiger charge is -2.08. The maximum Gasteiger partial charge on any atom is 0.303 e. The molecule has 2 N–H and O–H groups in total. The summed E-state index contributed by atoms with van der Waals surface area (Å²) in [4.78, 5) is 26.2. The zero-order valence-corrected chi connectivity index (χ0v) is 13.6. The highest BCUT2D eigenvalue weighted by atomic mass is 19.1. The van der Waals surface area contributed by atoms with Gasteiger partial charge in [0.25, 0.3) is 0 Å². The monoisotopic (exact) mass is 346 g/mol. The van der Waals surface area contributed by atoms with Gasteiger partial charge in [0.05, 0.1) is 0 Å². The molecular weight excluding hydrogens is 327 g/mol. The lowest BCUT2D eigenvalue weighted by Crippen LogP contribution is -2.22. The number of carboxylic acid groups (broad SMARTS) is 1. The van der Waals surface area contributed by atoms with Gasteiger partial charge in [-0.05, 0) is 48.7 Å². The van der Waals surface area contributed by atoms with Crippen LogP contribution in [0.15, 0.2) is 42.6 Å². The van der Waals surface area contributed by atoms with Crippen molar-refractivity contribution >= 4 is 11.9 Å². The number of hydrogen-bond donors (Lipinski definition) is 2. The van der Waals surface area contributed by atoms with E-state index in [1.807, 2.05) is 0 Å². The molecule has 1 amide bonds. The number of carbonyl (C=O) groups is 2. The molecule has 7 heteroatoms. The van der Waals surface area contributed by atoms with Crippen molar-refractivity contribution in [1.29, 1.82) is 0 Å². The van der Waals surface area contributed by atoms with Crippen LogP contribution in [0, 0.1) is 5.82 Å². The summed E-state index contributed by atoms with van der Waals surface area (Å²) in [5.74, 6) is -0.525. The molecule has 2 rings (SSSR count). The molecule has 0 atom stereocenters. The Morgan fingerprint density at radius 3 is 2.56 bits per heavy atom. The van der Waals surface area contributed by atoms with Gasteiger partial charge in [-0.2, -0.15) is 0 Å². The molecule has 0 aliphatic heterocycles. The third-order valence-electron chi connectivity index (χ3n) is 3.37. The Kier molecular flexibility index (Phi) is 6.88. The summed E-state index contributed by atoms with van der Waals surface area (Å²) in [6, 6.07) is 9.04. The van der Waals surface area contributed by atoms with Crippen molar-refractivity contribution in [3.05, 3.63) is 54.0 Å².